The summed E-state index contributed by atoms with van der Waals surface area (Å²) in [6.45, 7) is 10.2. The van der Waals surface area contributed by atoms with Crippen LogP contribution in [0.3, 0.4) is 0 Å². The molecular formula is C66H42O4Si2. The van der Waals surface area contributed by atoms with Gasteiger partial charge in [0.15, 0.2) is 0 Å². The van der Waals surface area contributed by atoms with Gasteiger partial charge in [-0.3, -0.25) is 0 Å². The van der Waals surface area contributed by atoms with E-state index in [9.17, 15) is 0 Å². The first-order valence-corrected chi connectivity index (χ1v) is 31.0. The zero-order valence-corrected chi connectivity index (χ0v) is 42.0. The van der Waals surface area contributed by atoms with E-state index in [1.807, 2.05) is 0 Å². The molecule has 2 aliphatic heterocycles. The zero-order chi connectivity index (χ0) is 47.5. The van der Waals surface area contributed by atoms with E-state index in [4.69, 9.17) is 17.7 Å². The lowest BCUT2D eigenvalue weighted by Crippen LogP contribution is -2.51. The highest BCUT2D eigenvalue weighted by Gasteiger charge is 2.46. The Bertz CT molecular complexity index is 5000. The lowest BCUT2D eigenvalue weighted by Gasteiger charge is -2.22. The van der Waals surface area contributed by atoms with Gasteiger partial charge in [-0.15, -0.1) is 0 Å². The molecule has 15 aromatic rings. The molecule has 0 amide bonds. The highest BCUT2D eigenvalue weighted by Crippen LogP contribution is 2.49. The second-order valence-corrected chi connectivity index (χ2v) is 30.1. The van der Waals surface area contributed by atoms with Crippen LogP contribution in [-0.2, 0) is 0 Å². The monoisotopic (exact) mass is 954 g/mol. The molecule has 0 saturated carbocycles. The van der Waals surface area contributed by atoms with Crippen LogP contribution in [0.4, 0.5) is 0 Å². The molecule has 0 spiro atoms. The molecule has 72 heavy (non-hydrogen) atoms. The quantitative estimate of drug-likeness (QED) is 0.162. The van der Waals surface area contributed by atoms with Gasteiger partial charge < -0.3 is 17.7 Å². The molecule has 6 heterocycles. The number of para-hydroxylation sites is 2. The smallest absolute Gasteiger partial charge is 0.143 e. The minimum atomic E-state index is -2.36. The van der Waals surface area contributed by atoms with E-state index in [0.29, 0.717) is 0 Å². The second kappa shape index (κ2) is 13.3. The minimum absolute atomic E-state index is 0.884. The summed E-state index contributed by atoms with van der Waals surface area (Å²) in [5.41, 5.74) is 17.1. The maximum atomic E-state index is 7.15. The summed E-state index contributed by atoms with van der Waals surface area (Å²) < 4.78 is 27.5. The SMILES string of the molecule is C[Si]1(C)c2cc3c(cc2-c2c1cc(-c1ccc4c(c1)oc1ccc5ccccc5c14)c1c2oc2ccccc21)[Si](C)(C)c1cc(-c2ccc4c(c2)oc2ccc5ccccc5c24)c2oc4ccccc4c2c1-3. The van der Waals surface area contributed by atoms with Crippen LogP contribution >= 0.6 is 0 Å². The third-order valence-electron chi connectivity index (χ3n) is 17.0. The van der Waals surface area contributed by atoms with Crippen molar-refractivity contribution in [3.63, 3.8) is 0 Å². The maximum Gasteiger partial charge on any atom is 0.143 e. The summed E-state index contributed by atoms with van der Waals surface area (Å²) in [5.74, 6) is 0. The van der Waals surface area contributed by atoms with Crippen molar-refractivity contribution in [2.75, 3.05) is 0 Å². The second-order valence-electron chi connectivity index (χ2n) is 21.4. The van der Waals surface area contributed by atoms with Crippen LogP contribution in [0.1, 0.15) is 0 Å². The van der Waals surface area contributed by atoms with Gasteiger partial charge in [0.1, 0.15) is 60.8 Å². The van der Waals surface area contributed by atoms with Crippen molar-refractivity contribution < 1.29 is 17.7 Å². The van der Waals surface area contributed by atoms with Crippen molar-refractivity contribution in [1.29, 1.82) is 0 Å². The number of fused-ring (bicyclic) bond motifs is 24. The Balaban J connectivity index is 0.883. The molecule has 11 aromatic carbocycles. The number of furan rings is 4. The van der Waals surface area contributed by atoms with Crippen molar-refractivity contribution in [3.05, 3.63) is 182 Å². The van der Waals surface area contributed by atoms with Gasteiger partial charge in [-0.25, -0.2) is 0 Å². The summed E-state index contributed by atoms with van der Waals surface area (Å²) in [7, 11) is -4.72. The van der Waals surface area contributed by atoms with Gasteiger partial charge in [0.2, 0.25) is 0 Å². The Labute approximate surface area is 414 Å². The molecule has 0 atom stereocenters. The zero-order valence-electron chi connectivity index (χ0n) is 40.0. The predicted molar refractivity (Wildman–Crippen MR) is 306 cm³/mol. The normalized spacial score (nSPS) is 14.6. The molecule has 0 radical (unpaired) electrons. The fourth-order valence-corrected chi connectivity index (χ4v) is 19.6. The van der Waals surface area contributed by atoms with Crippen LogP contribution in [0.25, 0.3) is 154 Å². The fourth-order valence-electron chi connectivity index (χ4n) is 13.5. The van der Waals surface area contributed by atoms with Crippen molar-refractivity contribution in [3.8, 4) is 44.5 Å². The first-order chi connectivity index (χ1) is 35.2. The van der Waals surface area contributed by atoms with E-state index in [-0.39, 0.29) is 0 Å². The number of rotatable bonds is 2. The summed E-state index contributed by atoms with van der Waals surface area (Å²) in [6.07, 6.45) is 0. The molecule has 338 valence electrons. The van der Waals surface area contributed by atoms with Crippen LogP contribution in [0.2, 0.25) is 26.2 Å². The van der Waals surface area contributed by atoms with Gasteiger partial charge >= 0.3 is 0 Å². The van der Waals surface area contributed by atoms with E-state index in [0.717, 1.165) is 93.7 Å². The van der Waals surface area contributed by atoms with Crippen molar-refractivity contribution in [2.45, 2.75) is 26.2 Å². The lowest BCUT2D eigenvalue weighted by atomic mass is 9.92. The van der Waals surface area contributed by atoms with Crippen LogP contribution < -0.4 is 20.7 Å². The molecule has 0 aliphatic carbocycles. The number of benzene rings is 11. The Kier molecular flexibility index (Phi) is 7.26. The van der Waals surface area contributed by atoms with Crippen LogP contribution in [0.5, 0.6) is 0 Å². The van der Waals surface area contributed by atoms with Gasteiger partial charge in [0, 0.05) is 54.2 Å². The Hall–Kier alpha value is -8.43. The molecule has 0 fully saturated rings. The molecule has 4 aromatic heterocycles. The van der Waals surface area contributed by atoms with E-state index in [2.05, 4.69) is 208 Å². The first-order valence-electron chi connectivity index (χ1n) is 25.0. The number of hydrogen-bond acceptors (Lipinski definition) is 4. The van der Waals surface area contributed by atoms with Gasteiger partial charge in [0.25, 0.3) is 0 Å². The van der Waals surface area contributed by atoms with Gasteiger partial charge in [0.05, 0.1) is 0 Å². The highest BCUT2D eigenvalue weighted by molar-refractivity contribution is 7.06. The standard InChI is InChI=1S/C66H42O4Si2/c1-71(2)55-34-48-56(33-47(55)62-57(71)32-46(65-64(62)42-18-10-12-20-50(42)69-65)38-22-26-44-54(30-38)68-52-28-24-36-14-6-8-16-40(36)60(44)52)72(3,4)58-31-45(61-41-17-9-11-19-49(41)70-66(61)63(48)58)37-21-25-43-53(29-37)67-51-27-23-35-13-5-7-15-39(35)59(43)51/h5-34H,1-4H3. The predicted octanol–water partition coefficient (Wildman–Crippen LogP) is 16.5. The fraction of sp³-hybridized carbons (Fsp3) is 0.0606. The summed E-state index contributed by atoms with van der Waals surface area (Å²) in [5, 5.41) is 19.9. The molecular weight excluding hydrogens is 913 g/mol. The van der Waals surface area contributed by atoms with Gasteiger partial charge in [-0.2, -0.15) is 0 Å². The third-order valence-corrected chi connectivity index (χ3v) is 24.0. The topological polar surface area (TPSA) is 52.6 Å². The molecule has 17 rings (SSSR count). The van der Waals surface area contributed by atoms with Gasteiger partial charge in [-0.05, 0) is 124 Å². The van der Waals surface area contributed by atoms with Gasteiger partial charge in [-0.1, -0.05) is 160 Å². The Morgan fingerprint density at radius 1 is 0.278 bits per heavy atom. The molecule has 2 aliphatic rings. The number of hydrogen-bond donors (Lipinski definition) is 0. The average molecular weight is 955 g/mol. The van der Waals surface area contributed by atoms with E-state index >= 15 is 0 Å². The molecule has 0 bridgehead atoms. The third kappa shape index (κ3) is 4.86. The molecule has 0 N–H and O–H groups in total. The van der Waals surface area contributed by atoms with E-state index in [1.54, 1.807) is 0 Å². The lowest BCUT2D eigenvalue weighted by molar-refractivity contribution is 0.668. The van der Waals surface area contributed by atoms with Crippen molar-refractivity contribution >= 4 is 146 Å². The summed E-state index contributed by atoms with van der Waals surface area (Å²) in [4.78, 5) is 0. The summed E-state index contributed by atoms with van der Waals surface area (Å²) in [6, 6.07) is 66.7. The summed E-state index contributed by atoms with van der Waals surface area (Å²) >= 11 is 0. The Morgan fingerprint density at radius 2 is 0.722 bits per heavy atom. The molecule has 0 saturated heterocycles. The molecule has 4 nitrogen and oxygen atoms in total. The van der Waals surface area contributed by atoms with Crippen molar-refractivity contribution in [1.82, 2.24) is 0 Å². The van der Waals surface area contributed by atoms with Crippen molar-refractivity contribution in [2.24, 2.45) is 0 Å². The highest BCUT2D eigenvalue weighted by atomic mass is 28.3. The van der Waals surface area contributed by atoms with Crippen LogP contribution in [0.15, 0.2) is 200 Å². The maximum absolute atomic E-state index is 7.15. The van der Waals surface area contributed by atoms with Crippen LogP contribution in [-0.4, -0.2) is 16.1 Å². The first kappa shape index (κ1) is 39.3. The average Bonchev–Trinajstić information content (AvgIpc) is 4.25. The van der Waals surface area contributed by atoms with E-state index in [1.165, 1.54) is 80.9 Å². The van der Waals surface area contributed by atoms with E-state index < -0.39 is 16.1 Å². The molecule has 6 heteroatoms. The Morgan fingerprint density at radius 3 is 1.32 bits per heavy atom. The largest absolute Gasteiger partial charge is 0.456 e. The minimum Gasteiger partial charge on any atom is -0.456 e. The molecule has 0 unspecified atom stereocenters. The van der Waals surface area contributed by atoms with Crippen LogP contribution in [0, 0.1) is 0 Å².